The predicted octanol–water partition coefficient (Wildman–Crippen LogP) is 3.79. The van der Waals surface area contributed by atoms with Crippen LogP contribution in [0.1, 0.15) is 24.8 Å². The number of carbonyl (C=O) groups is 1. The van der Waals surface area contributed by atoms with Crippen molar-refractivity contribution in [1.29, 1.82) is 0 Å². The van der Waals surface area contributed by atoms with Gasteiger partial charge < -0.3 is 25.4 Å². The summed E-state index contributed by atoms with van der Waals surface area (Å²) in [5.41, 5.74) is 3.97. The van der Waals surface area contributed by atoms with E-state index in [1.54, 1.807) is 6.20 Å². The van der Waals surface area contributed by atoms with Gasteiger partial charge in [-0.2, -0.15) is 0 Å². The van der Waals surface area contributed by atoms with Crippen molar-refractivity contribution < 1.29 is 4.79 Å². The molecule has 0 bridgehead atoms. The first kappa shape index (κ1) is 23.2. The summed E-state index contributed by atoms with van der Waals surface area (Å²) < 4.78 is 0. The van der Waals surface area contributed by atoms with Crippen LogP contribution < -0.4 is 21.1 Å². The molecule has 35 heavy (non-hydrogen) atoms. The van der Waals surface area contributed by atoms with E-state index in [1.165, 1.54) is 37.6 Å². The molecular formula is C28H33N5O2. The maximum Gasteiger partial charge on any atom is 0.257 e. The van der Waals surface area contributed by atoms with Crippen LogP contribution >= 0.6 is 0 Å². The summed E-state index contributed by atoms with van der Waals surface area (Å²) in [5.74, 6) is -0.145. The third kappa shape index (κ3) is 5.41. The summed E-state index contributed by atoms with van der Waals surface area (Å²) in [4.78, 5) is 32.0. The van der Waals surface area contributed by atoms with E-state index in [4.69, 9.17) is 0 Å². The number of hydrogen-bond donors (Lipinski definition) is 3. The zero-order valence-corrected chi connectivity index (χ0v) is 20.1. The van der Waals surface area contributed by atoms with Gasteiger partial charge in [-0.05, 0) is 86.1 Å². The number of carbonyl (C=O) groups excluding carboxylic acids is 1. The van der Waals surface area contributed by atoms with Crippen molar-refractivity contribution in [3.05, 3.63) is 77.2 Å². The molecular weight excluding hydrogens is 438 g/mol. The Balaban J connectivity index is 1.35. The normalized spacial score (nSPS) is 18.2. The van der Waals surface area contributed by atoms with Crippen LogP contribution in [0.5, 0.6) is 0 Å². The minimum absolute atomic E-state index is 0.0832. The number of hydrogen-bond acceptors (Lipinski definition) is 5. The summed E-state index contributed by atoms with van der Waals surface area (Å²) in [6.07, 6.45) is 7.55. The zero-order chi connectivity index (χ0) is 24.2. The first-order valence-corrected chi connectivity index (χ1v) is 12.5. The zero-order valence-electron chi connectivity index (χ0n) is 20.1. The van der Waals surface area contributed by atoms with E-state index >= 15 is 0 Å². The molecule has 3 heterocycles. The number of fused-ring (bicyclic) bond motifs is 1. The topological polar surface area (TPSA) is 80.5 Å². The number of aromatic amines is 1. The van der Waals surface area contributed by atoms with Crippen molar-refractivity contribution in [2.45, 2.75) is 31.7 Å². The number of amides is 1. The van der Waals surface area contributed by atoms with Crippen molar-refractivity contribution in [2.24, 2.45) is 0 Å². The number of pyridine rings is 1. The van der Waals surface area contributed by atoms with Crippen molar-refractivity contribution in [1.82, 2.24) is 15.2 Å². The second kappa shape index (κ2) is 10.4. The number of nitrogens with zero attached hydrogens (tertiary/aromatic N) is 2. The van der Waals surface area contributed by atoms with Crippen LogP contribution in [0.4, 0.5) is 17.1 Å². The van der Waals surface area contributed by atoms with Crippen LogP contribution in [0.15, 0.2) is 66.1 Å². The van der Waals surface area contributed by atoms with Crippen LogP contribution in [0.25, 0.3) is 10.8 Å². The maximum absolute atomic E-state index is 12.7. The molecule has 1 atom stereocenters. The van der Waals surface area contributed by atoms with Crippen LogP contribution in [-0.2, 0) is 11.2 Å². The Morgan fingerprint density at radius 3 is 2.69 bits per heavy atom. The number of H-pyrrole nitrogens is 1. The van der Waals surface area contributed by atoms with Gasteiger partial charge in [0, 0.05) is 43.2 Å². The molecule has 0 spiro atoms. The molecule has 3 N–H and O–H groups in total. The minimum atomic E-state index is -0.145. The molecule has 7 nitrogen and oxygen atoms in total. The van der Waals surface area contributed by atoms with E-state index in [2.05, 4.69) is 62.3 Å². The van der Waals surface area contributed by atoms with Gasteiger partial charge in [0.15, 0.2) is 0 Å². The fourth-order valence-electron chi connectivity index (χ4n) is 5.17. The summed E-state index contributed by atoms with van der Waals surface area (Å²) in [6.45, 7) is 8.64. The smallest absolute Gasteiger partial charge is 0.257 e. The summed E-state index contributed by atoms with van der Waals surface area (Å²) in [7, 11) is 0. The Bertz CT molecular complexity index is 1260. The third-order valence-corrected chi connectivity index (χ3v) is 7.09. The number of benzene rings is 2. The van der Waals surface area contributed by atoms with E-state index in [-0.39, 0.29) is 17.5 Å². The lowest BCUT2D eigenvalue weighted by Crippen LogP contribution is -2.36. The van der Waals surface area contributed by atoms with Gasteiger partial charge in [0.2, 0.25) is 5.91 Å². The Morgan fingerprint density at radius 1 is 1.11 bits per heavy atom. The van der Waals surface area contributed by atoms with Gasteiger partial charge in [-0.25, -0.2) is 0 Å². The largest absolute Gasteiger partial charge is 0.369 e. The second-order valence-corrected chi connectivity index (χ2v) is 9.53. The summed E-state index contributed by atoms with van der Waals surface area (Å²) >= 11 is 0. The molecule has 2 fully saturated rings. The van der Waals surface area contributed by atoms with Crippen LogP contribution in [0, 0.1) is 0 Å². The highest BCUT2D eigenvalue weighted by Gasteiger charge is 2.24. The van der Waals surface area contributed by atoms with Crippen molar-refractivity contribution in [3.8, 4) is 0 Å². The molecule has 1 amide bonds. The van der Waals surface area contributed by atoms with Crippen LogP contribution in [0.3, 0.4) is 0 Å². The molecule has 7 heteroatoms. The lowest BCUT2D eigenvalue weighted by molar-refractivity contribution is -0.117. The molecule has 0 saturated carbocycles. The van der Waals surface area contributed by atoms with Gasteiger partial charge >= 0.3 is 0 Å². The lowest BCUT2D eigenvalue weighted by Gasteiger charge is -2.21. The van der Waals surface area contributed by atoms with Crippen molar-refractivity contribution >= 4 is 33.7 Å². The number of rotatable bonds is 8. The van der Waals surface area contributed by atoms with Gasteiger partial charge in [-0.1, -0.05) is 18.7 Å². The average molecular weight is 472 g/mol. The molecule has 2 aliphatic heterocycles. The summed E-state index contributed by atoms with van der Waals surface area (Å²) in [6, 6.07) is 14.6. The minimum Gasteiger partial charge on any atom is -0.369 e. The SMILES string of the molecule is C=CC(=O)NC1CCN(c2cc(Nc3ccc(CCN4CCCC4)cc3)c3c(=O)[nH]ccc3c2)C1. The lowest BCUT2D eigenvalue weighted by atomic mass is 10.1. The highest BCUT2D eigenvalue weighted by molar-refractivity contribution is 5.97. The van der Waals surface area contributed by atoms with Gasteiger partial charge in [-0.3, -0.25) is 9.59 Å². The Morgan fingerprint density at radius 2 is 1.91 bits per heavy atom. The predicted molar refractivity (Wildman–Crippen MR) is 143 cm³/mol. The molecule has 182 valence electrons. The molecule has 0 radical (unpaired) electrons. The molecule has 2 aliphatic rings. The second-order valence-electron chi connectivity index (χ2n) is 9.53. The third-order valence-electron chi connectivity index (χ3n) is 7.09. The number of likely N-dealkylation sites (tertiary alicyclic amines) is 1. The molecule has 0 aliphatic carbocycles. The highest BCUT2D eigenvalue weighted by atomic mass is 16.1. The van der Waals surface area contributed by atoms with E-state index < -0.39 is 0 Å². The van der Waals surface area contributed by atoms with Gasteiger partial charge in [0.05, 0.1) is 11.1 Å². The van der Waals surface area contributed by atoms with Crippen LogP contribution in [-0.4, -0.2) is 54.6 Å². The Kier molecular flexibility index (Phi) is 6.86. The van der Waals surface area contributed by atoms with Gasteiger partial charge in [-0.15, -0.1) is 0 Å². The van der Waals surface area contributed by atoms with Gasteiger partial charge in [0.25, 0.3) is 5.56 Å². The molecule has 1 aromatic heterocycles. The van der Waals surface area contributed by atoms with E-state index in [0.717, 1.165) is 54.9 Å². The maximum atomic E-state index is 12.7. The molecule has 5 rings (SSSR count). The van der Waals surface area contributed by atoms with Gasteiger partial charge in [0.1, 0.15) is 0 Å². The quantitative estimate of drug-likeness (QED) is 0.436. The first-order chi connectivity index (χ1) is 17.1. The summed E-state index contributed by atoms with van der Waals surface area (Å²) in [5, 5.41) is 8.01. The molecule has 2 saturated heterocycles. The first-order valence-electron chi connectivity index (χ1n) is 12.5. The fourth-order valence-corrected chi connectivity index (χ4v) is 5.17. The average Bonchev–Trinajstić information content (AvgIpc) is 3.56. The van der Waals surface area contributed by atoms with E-state index in [0.29, 0.717) is 5.39 Å². The van der Waals surface area contributed by atoms with E-state index in [1.807, 2.05) is 12.1 Å². The van der Waals surface area contributed by atoms with E-state index in [9.17, 15) is 9.59 Å². The Labute approximate surface area is 205 Å². The molecule has 3 aromatic rings. The molecule has 1 unspecified atom stereocenters. The number of aromatic nitrogens is 1. The number of anilines is 3. The number of nitrogens with one attached hydrogen (secondary N) is 3. The van der Waals surface area contributed by atoms with Crippen molar-refractivity contribution in [3.63, 3.8) is 0 Å². The molecule has 2 aromatic carbocycles. The van der Waals surface area contributed by atoms with Crippen molar-refractivity contribution in [2.75, 3.05) is 42.9 Å². The monoisotopic (exact) mass is 471 g/mol. The highest BCUT2D eigenvalue weighted by Crippen LogP contribution is 2.32. The fraction of sp³-hybridized carbons (Fsp3) is 0.357. The van der Waals surface area contributed by atoms with Crippen LogP contribution in [0.2, 0.25) is 0 Å². The standard InChI is InChI=1S/C28H33N5O2/c1-2-26(34)31-23-11-16-33(19-23)24-17-21-9-12-29-28(35)27(21)25(18-24)30-22-7-5-20(6-8-22)10-15-32-13-3-4-14-32/h2,5-9,12,17-18,23,30H,1,3-4,10-11,13-16,19H2,(H,29,35)(H,31,34). The Hall–Kier alpha value is -3.58.